The van der Waals surface area contributed by atoms with Crippen molar-refractivity contribution < 1.29 is 33.3 Å². The van der Waals surface area contributed by atoms with Crippen molar-refractivity contribution in [2.75, 3.05) is 38.3 Å². The molecule has 3 heterocycles. The van der Waals surface area contributed by atoms with Crippen molar-refractivity contribution in [3.8, 4) is 22.8 Å². The molecule has 1 aromatic heterocycles. The van der Waals surface area contributed by atoms with E-state index < -0.39 is 11.2 Å². The van der Waals surface area contributed by atoms with Gasteiger partial charge in [-0.25, -0.2) is 9.78 Å². The summed E-state index contributed by atoms with van der Waals surface area (Å²) >= 11 is 6.75. The normalized spacial score (nSPS) is 17.9. The van der Waals surface area contributed by atoms with Crippen LogP contribution in [0.15, 0.2) is 48.5 Å². The molecule has 0 unspecified atom stereocenters. The third-order valence-corrected chi connectivity index (χ3v) is 8.86. The van der Waals surface area contributed by atoms with Crippen molar-refractivity contribution in [2.24, 2.45) is 5.92 Å². The zero-order valence-corrected chi connectivity index (χ0v) is 31.3. The van der Waals surface area contributed by atoms with Gasteiger partial charge in [-0.3, -0.25) is 4.79 Å². The van der Waals surface area contributed by atoms with Crippen molar-refractivity contribution in [1.29, 1.82) is 0 Å². The second kappa shape index (κ2) is 15.5. The van der Waals surface area contributed by atoms with Crippen molar-refractivity contribution in [3.05, 3.63) is 70.2 Å². The van der Waals surface area contributed by atoms with E-state index >= 15 is 0 Å². The second-order valence-electron chi connectivity index (χ2n) is 14.7. The monoisotopic (exact) mass is 707 g/mol. The van der Waals surface area contributed by atoms with Gasteiger partial charge >= 0.3 is 12.1 Å². The summed E-state index contributed by atoms with van der Waals surface area (Å²) in [5.41, 5.74) is 3.36. The Kier molecular flexibility index (Phi) is 11.5. The lowest BCUT2D eigenvalue weighted by Gasteiger charge is -2.38. The van der Waals surface area contributed by atoms with Crippen molar-refractivity contribution in [1.82, 2.24) is 9.88 Å². The number of piperidine rings is 1. The number of ether oxygens (including phenoxy) is 5. The summed E-state index contributed by atoms with van der Waals surface area (Å²) in [6, 6.07) is 15.6. The largest absolute Gasteiger partial charge is 0.496 e. The van der Waals surface area contributed by atoms with Gasteiger partial charge in [0.1, 0.15) is 35.1 Å². The Labute approximate surface area is 300 Å². The van der Waals surface area contributed by atoms with Gasteiger partial charge in [0.2, 0.25) is 0 Å². The fraction of sp³-hybridized carbons (Fsp3) is 0.513. The SMILES string of the molecule is CCO[C@@H]1CN(c2cccc(-c3cccc(Cl)c3OCc3cc4c(c(OC)c3)CN(C(=O)OC(C)(C)C)CC4)n2)CC[C@@H]1C(=O)OC(C)(C)C. The fourth-order valence-electron chi connectivity index (χ4n) is 6.36. The first kappa shape index (κ1) is 37.2. The van der Waals surface area contributed by atoms with Gasteiger partial charge in [0.15, 0.2) is 0 Å². The van der Waals surface area contributed by atoms with Gasteiger partial charge in [-0.2, -0.15) is 0 Å². The van der Waals surface area contributed by atoms with Crippen LogP contribution in [0.2, 0.25) is 5.02 Å². The average molecular weight is 708 g/mol. The Balaban J connectivity index is 1.33. The number of carbonyl (C=O) groups is 2. The van der Waals surface area contributed by atoms with Crippen LogP contribution in [0.3, 0.4) is 0 Å². The average Bonchev–Trinajstić information content (AvgIpc) is 3.05. The van der Waals surface area contributed by atoms with Crippen LogP contribution in [0.5, 0.6) is 11.5 Å². The zero-order chi connectivity index (χ0) is 36.2. The lowest BCUT2D eigenvalue weighted by molar-refractivity contribution is -0.166. The molecule has 5 rings (SSSR count). The van der Waals surface area contributed by atoms with Crippen molar-refractivity contribution in [3.63, 3.8) is 0 Å². The second-order valence-corrected chi connectivity index (χ2v) is 15.1. The van der Waals surface area contributed by atoms with E-state index in [1.165, 1.54) is 0 Å². The summed E-state index contributed by atoms with van der Waals surface area (Å²) in [5, 5.41) is 0.474. The van der Waals surface area contributed by atoms with E-state index in [-0.39, 0.29) is 30.7 Å². The summed E-state index contributed by atoms with van der Waals surface area (Å²) in [7, 11) is 1.63. The number of para-hydroxylation sites is 1. The number of hydrogen-bond donors (Lipinski definition) is 0. The molecular formula is C39H50ClN3O7. The molecule has 0 radical (unpaired) electrons. The minimum Gasteiger partial charge on any atom is -0.496 e. The molecule has 2 atom stereocenters. The molecule has 2 aromatic carbocycles. The molecule has 0 bridgehead atoms. The Morgan fingerprint density at radius 2 is 1.72 bits per heavy atom. The molecule has 1 amide bonds. The van der Waals surface area contributed by atoms with Gasteiger partial charge in [0.25, 0.3) is 0 Å². The number of fused-ring (bicyclic) bond motifs is 1. The van der Waals surface area contributed by atoms with Crippen LogP contribution in [0.1, 0.15) is 71.6 Å². The predicted molar refractivity (Wildman–Crippen MR) is 194 cm³/mol. The van der Waals surface area contributed by atoms with Gasteiger partial charge < -0.3 is 33.5 Å². The van der Waals surface area contributed by atoms with Gasteiger partial charge in [-0.15, -0.1) is 0 Å². The zero-order valence-electron chi connectivity index (χ0n) is 30.5. The molecule has 2 aliphatic rings. The lowest BCUT2D eigenvalue weighted by atomic mass is 9.93. The molecule has 11 heteroatoms. The number of aromatic nitrogens is 1. The number of carbonyl (C=O) groups excluding carboxylic acids is 2. The molecule has 10 nitrogen and oxygen atoms in total. The summed E-state index contributed by atoms with van der Waals surface area (Å²) in [6.45, 7) is 16.0. The number of rotatable bonds is 9. The highest BCUT2D eigenvalue weighted by Gasteiger charge is 2.38. The summed E-state index contributed by atoms with van der Waals surface area (Å²) in [4.78, 5) is 34.7. The minimum atomic E-state index is -0.565. The van der Waals surface area contributed by atoms with Crippen molar-refractivity contribution in [2.45, 2.75) is 91.8 Å². The maximum absolute atomic E-state index is 13.0. The molecule has 2 aliphatic heterocycles. The van der Waals surface area contributed by atoms with E-state index in [0.717, 1.165) is 28.1 Å². The Morgan fingerprint density at radius 3 is 2.42 bits per heavy atom. The molecule has 0 spiro atoms. The third kappa shape index (κ3) is 9.20. The highest BCUT2D eigenvalue weighted by atomic mass is 35.5. The summed E-state index contributed by atoms with van der Waals surface area (Å²) < 4.78 is 29.6. The van der Waals surface area contributed by atoms with Gasteiger partial charge in [-0.1, -0.05) is 29.8 Å². The number of nitrogens with zero attached hydrogens (tertiary/aromatic N) is 3. The molecule has 1 fully saturated rings. The molecule has 3 aromatic rings. The topological polar surface area (TPSA) is 99.7 Å². The number of esters is 1. The Morgan fingerprint density at radius 1 is 0.980 bits per heavy atom. The lowest BCUT2D eigenvalue weighted by Crippen LogP contribution is -2.49. The number of pyridine rings is 1. The standard InChI is InChI=1S/C39H50ClN3O7/c1-9-47-33-23-42(19-17-28(33)36(44)49-38(2,3)4)34-15-11-14-31(41-34)27-12-10-13-30(40)35(27)48-24-25-20-26-16-18-43(37(45)50-39(5,6)7)22-29(26)32(21-25)46-8/h10-15,20-21,28,33H,9,16-19,22-24H2,1-8H3/t28-,33+/m0/s1. The molecule has 50 heavy (non-hydrogen) atoms. The predicted octanol–water partition coefficient (Wildman–Crippen LogP) is 7.86. The maximum Gasteiger partial charge on any atom is 0.410 e. The number of benzene rings is 2. The van der Waals surface area contributed by atoms with Crippen LogP contribution in [0, 0.1) is 5.92 Å². The highest BCUT2D eigenvalue weighted by Crippen LogP contribution is 2.38. The van der Waals surface area contributed by atoms with E-state index in [0.29, 0.717) is 67.8 Å². The van der Waals surface area contributed by atoms with E-state index in [1.54, 1.807) is 18.1 Å². The van der Waals surface area contributed by atoms with E-state index in [1.807, 2.05) is 84.9 Å². The van der Waals surface area contributed by atoms with Crippen LogP contribution in [-0.4, -0.2) is 72.6 Å². The number of anilines is 1. The smallest absolute Gasteiger partial charge is 0.410 e. The quantitative estimate of drug-likeness (QED) is 0.206. The first-order chi connectivity index (χ1) is 23.7. The minimum absolute atomic E-state index is 0.225. The summed E-state index contributed by atoms with van der Waals surface area (Å²) in [6.07, 6.45) is 0.626. The van der Waals surface area contributed by atoms with Crippen LogP contribution in [-0.2, 0) is 38.6 Å². The first-order valence-electron chi connectivity index (χ1n) is 17.3. The highest BCUT2D eigenvalue weighted by molar-refractivity contribution is 6.32. The molecule has 1 saturated heterocycles. The Bertz CT molecular complexity index is 1670. The number of hydrogen-bond acceptors (Lipinski definition) is 9. The number of halogens is 1. The molecule has 0 N–H and O–H groups in total. The maximum atomic E-state index is 13.0. The van der Waals surface area contributed by atoms with Crippen LogP contribution >= 0.6 is 11.6 Å². The number of amides is 1. The van der Waals surface area contributed by atoms with E-state index in [4.69, 9.17) is 40.3 Å². The van der Waals surface area contributed by atoms with Gasteiger partial charge in [-0.05, 0) is 103 Å². The van der Waals surface area contributed by atoms with E-state index in [9.17, 15) is 9.59 Å². The molecule has 0 aliphatic carbocycles. The summed E-state index contributed by atoms with van der Waals surface area (Å²) in [5.74, 6) is 1.44. The molecule has 270 valence electrons. The number of methoxy groups -OCH3 is 1. The van der Waals surface area contributed by atoms with Crippen LogP contribution in [0.4, 0.5) is 10.6 Å². The van der Waals surface area contributed by atoms with E-state index in [2.05, 4.69) is 11.0 Å². The Hall–Kier alpha value is -4.02. The van der Waals surface area contributed by atoms with Gasteiger partial charge in [0, 0.05) is 37.4 Å². The fourth-order valence-corrected chi connectivity index (χ4v) is 6.59. The first-order valence-corrected chi connectivity index (χ1v) is 17.7. The third-order valence-electron chi connectivity index (χ3n) is 8.57. The van der Waals surface area contributed by atoms with Crippen molar-refractivity contribution >= 4 is 29.5 Å². The molecule has 0 saturated carbocycles. The molecular weight excluding hydrogens is 658 g/mol. The van der Waals surface area contributed by atoms with Crippen LogP contribution in [0.25, 0.3) is 11.3 Å². The van der Waals surface area contributed by atoms with Gasteiger partial charge in [0.05, 0.1) is 36.4 Å². The van der Waals surface area contributed by atoms with Crippen LogP contribution < -0.4 is 14.4 Å².